The van der Waals surface area contributed by atoms with Gasteiger partial charge in [0.2, 0.25) is 0 Å². The van der Waals surface area contributed by atoms with E-state index in [0.717, 1.165) is 12.1 Å². The molecule has 2 rings (SSSR count). The lowest BCUT2D eigenvalue weighted by Crippen LogP contribution is -2.37. The second kappa shape index (κ2) is 6.73. The minimum Gasteiger partial charge on any atom is -0.387 e. The normalized spacial score (nSPS) is 19.5. The topological polar surface area (TPSA) is 32.3 Å². The predicted molar refractivity (Wildman–Crippen MR) is 78.9 cm³/mol. The average Bonchev–Trinajstić information content (AvgIpc) is 2.89. The first-order valence-electron chi connectivity index (χ1n) is 6.85. The molecule has 1 unspecified atom stereocenters. The highest BCUT2D eigenvalue weighted by Gasteiger charge is 2.32. The van der Waals surface area contributed by atoms with Crippen molar-refractivity contribution >= 4 is 11.8 Å². The average molecular weight is 283 g/mol. The number of benzene rings is 1. The summed E-state index contributed by atoms with van der Waals surface area (Å²) in [5, 5.41) is 13.4. The van der Waals surface area contributed by atoms with Crippen molar-refractivity contribution in [2.75, 3.05) is 19.3 Å². The zero-order valence-corrected chi connectivity index (χ0v) is 12.2. The quantitative estimate of drug-likeness (QED) is 0.841. The highest BCUT2D eigenvalue weighted by atomic mass is 32.2. The second-order valence-electron chi connectivity index (χ2n) is 5.29. The molecule has 0 bridgehead atoms. The van der Waals surface area contributed by atoms with Crippen LogP contribution in [-0.4, -0.2) is 29.2 Å². The van der Waals surface area contributed by atoms with Crippen molar-refractivity contribution in [3.8, 4) is 0 Å². The van der Waals surface area contributed by atoms with E-state index in [4.69, 9.17) is 0 Å². The third kappa shape index (κ3) is 3.94. The molecule has 2 nitrogen and oxygen atoms in total. The molecule has 0 spiro atoms. The first kappa shape index (κ1) is 14.8. The van der Waals surface area contributed by atoms with Crippen LogP contribution >= 0.6 is 11.8 Å². The van der Waals surface area contributed by atoms with Crippen LogP contribution in [0, 0.1) is 5.82 Å². The van der Waals surface area contributed by atoms with E-state index >= 15 is 0 Å². The number of aliphatic hydroxyl groups excluding tert-OH is 1. The van der Waals surface area contributed by atoms with E-state index < -0.39 is 6.10 Å². The summed E-state index contributed by atoms with van der Waals surface area (Å²) in [6.07, 6.45) is 6.73. The maximum atomic E-state index is 12.8. The highest BCUT2D eigenvalue weighted by molar-refractivity contribution is 8.00. The van der Waals surface area contributed by atoms with E-state index in [2.05, 4.69) is 11.6 Å². The number of hydrogen-bond acceptors (Lipinski definition) is 3. The fourth-order valence-electron chi connectivity index (χ4n) is 2.71. The number of nitrogens with one attached hydrogen (secondary N) is 1. The lowest BCUT2D eigenvalue weighted by molar-refractivity contribution is 0.173. The molecule has 2 N–H and O–H groups in total. The van der Waals surface area contributed by atoms with Crippen molar-refractivity contribution in [1.82, 2.24) is 5.32 Å². The summed E-state index contributed by atoms with van der Waals surface area (Å²) >= 11 is 1.94. The van der Waals surface area contributed by atoms with Gasteiger partial charge in [-0.25, -0.2) is 4.39 Å². The van der Waals surface area contributed by atoms with Crippen LogP contribution in [0.1, 0.15) is 37.4 Å². The highest BCUT2D eigenvalue weighted by Crippen LogP contribution is 2.39. The molecule has 0 aliphatic heterocycles. The monoisotopic (exact) mass is 283 g/mol. The van der Waals surface area contributed by atoms with Gasteiger partial charge in [-0.05, 0) is 36.8 Å². The molecule has 1 aliphatic carbocycles. The van der Waals surface area contributed by atoms with E-state index in [0.29, 0.717) is 11.3 Å². The molecule has 1 saturated carbocycles. The SMILES string of the molecule is CSC1(CNCC(O)c2ccc(F)cc2)CCCC1. The van der Waals surface area contributed by atoms with Gasteiger partial charge in [0.05, 0.1) is 6.10 Å². The van der Waals surface area contributed by atoms with Crippen molar-refractivity contribution in [3.63, 3.8) is 0 Å². The van der Waals surface area contributed by atoms with E-state index in [1.807, 2.05) is 11.8 Å². The first-order valence-corrected chi connectivity index (χ1v) is 8.07. The van der Waals surface area contributed by atoms with E-state index in [9.17, 15) is 9.50 Å². The largest absolute Gasteiger partial charge is 0.387 e. The van der Waals surface area contributed by atoms with Crippen LogP contribution < -0.4 is 5.32 Å². The Hall–Kier alpha value is -0.580. The Labute approximate surface area is 118 Å². The van der Waals surface area contributed by atoms with Crippen molar-refractivity contribution < 1.29 is 9.50 Å². The van der Waals surface area contributed by atoms with Crippen LogP contribution in [0.4, 0.5) is 4.39 Å². The molecule has 106 valence electrons. The minimum absolute atomic E-state index is 0.267. The van der Waals surface area contributed by atoms with Crippen molar-refractivity contribution in [2.24, 2.45) is 0 Å². The van der Waals surface area contributed by atoms with E-state index in [1.54, 1.807) is 12.1 Å². The molecule has 1 aliphatic rings. The zero-order chi connectivity index (χ0) is 13.7. The van der Waals surface area contributed by atoms with Crippen LogP contribution in [0.2, 0.25) is 0 Å². The first-order chi connectivity index (χ1) is 9.15. The van der Waals surface area contributed by atoms with Gasteiger partial charge in [-0.15, -0.1) is 0 Å². The van der Waals surface area contributed by atoms with Gasteiger partial charge in [0.1, 0.15) is 5.82 Å². The lowest BCUT2D eigenvalue weighted by atomic mass is 10.1. The van der Waals surface area contributed by atoms with Gasteiger partial charge >= 0.3 is 0 Å². The lowest BCUT2D eigenvalue weighted by Gasteiger charge is -2.27. The maximum absolute atomic E-state index is 12.8. The van der Waals surface area contributed by atoms with Crippen LogP contribution in [0.25, 0.3) is 0 Å². The number of rotatable bonds is 6. The Balaban J connectivity index is 1.80. The minimum atomic E-state index is -0.569. The third-order valence-corrected chi connectivity index (χ3v) is 5.41. The number of hydrogen-bond donors (Lipinski definition) is 2. The Morgan fingerprint density at radius 3 is 2.53 bits per heavy atom. The summed E-state index contributed by atoms with van der Waals surface area (Å²) in [6.45, 7) is 1.46. The Bertz CT molecular complexity index is 390. The summed E-state index contributed by atoms with van der Waals surface area (Å²) in [5.41, 5.74) is 0.763. The third-order valence-electron chi connectivity index (χ3n) is 3.99. The molecule has 19 heavy (non-hydrogen) atoms. The molecular weight excluding hydrogens is 261 g/mol. The van der Waals surface area contributed by atoms with Crippen LogP contribution in [0.15, 0.2) is 24.3 Å². The summed E-state index contributed by atoms with van der Waals surface area (Å²) in [4.78, 5) is 0. The summed E-state index contributed by atoms with van der Waals surface area (Å²) in [7, 11) is 0. The van der Waals surface area contributed by atoms with Gasteiger partial charge in [0.15, 0.2) is 0 Å². The van der Waals surface area contributed by atoms with Gasteiger partial charge < -0.3 is 10.4 Å². The molecule has 0 saturated heterocycles. The molecule has 0 aromatic heterocycles. The predicted octanol–water partition coefficient (Wildman–Crippen LogP) is 3.12. The number of halogens is 1. The second-order valence-corrected chi connectivity index (χ2v) is 6.57. The van der Waals surface area contributed by atoms with Gasteiger partial charge in [-0.1, -0.05) is 25.0 Å². The fourth-order valence-corrected chi connectivity index (χ4v) is 3.66. The molecule has 1 aromatic rings. The molecule has 1 fully saturated rings. The van der Waals surface area contributed by atoms with Crippen molar-refractivity contribution in [1.29, 1.82) is 0 Å². The maximum Gasteiger partial charge on any atom is 0.123 e. The molecule has 0 radical (unpaired) electrons. The van der Waals surface area contributed by atoms with Crippen molar-refractivity contribution in [3.05, 3.63) is 35.6 Å². The molecular formula is C15H22FNOS. The summed E-state index contributed by atoms with van der Waals surface area (Å²) in [6, 6.07) is 6.06. The van der Waals surface area contributed by atoms with Gasteiger partial charge in [0.25, 0.3) is 0 Å². The molecule has 4 heteroatoms. The van der Waals surface area contributed by atoms with Gasteiger partial charge in [0, 0.05) is 17.8 Å². The summed E-state index contributed by atoms with van der Waals surface area (Å²) in [5.74, 6) is -0.267. The zero-order valence-electron chi connectivity index (χ0n) is 11.4. The Morgan fingerprint density at radius 1 is 1.32 bits per heavy atom. The fraction of sp³-hybridized carbons (Fsp3) is 0.600. The number of thioether (sulfide) groups is 1. The van der Waals surface area contributed by atoms with E-state index in [1.165, 1.54) is 37.8 Å². The van der Waals surface area contributed by atoms with Crippen LogP contribution in [-0.2, 0) is 0 Å². The Morgan fingerprint density at radius 2 is 1.95 bits per heavy atom. The molecule has 0 amide bonds. The van der Waals surface area contributed by atoms with Crippen molar-refractivity contribution in [2.45, 2.75) is 36.5 Å². The smallest absolute Gasteiger partial charge is 0.123 e. The van der Waals surface area contributed by atoms with Crippen LogP contribution in [0.3, 0.4) is 0 Å². The van der Waals surface area contributed by atoms with Gasteiger partial charge in [-0.3, -0.25) is 0 Å². The van der Waals surface area contributed by atoms with Crippen LogP contribution in [0.5, 0.6) is 0 Å². The van der Waals surface area contributed by atoms with Gasteiger partial charge in [-0.2, -0.15) is 11.8 Å². The molecule has 1 aromatic carbocycles. The molecule has 0 heterocycles. The number of aliphatic hydroxyl groups is 1. The van der Waals surface area contributed by atoms with E-state index in [-0.39, 0.29) is 5.82 Å². The Kier molecular flexibility index (Phi) is 5.25. The standard InChI is InChI=1S/C15H22FNOS/c1-19-15(8-2-3-9-15)11-17-10-14(18)12-4-6-13(16)7-5-12/h4-7,14,17-18H,2-3,8-11H2,1H3. The molecule has 1 atom stereocenters. The summed E-state index contributed by atoms with van der Waals surface area (Å²) < 4.78 is 13.2.